The molecule has 3 aromatic heterocycles. The summed E-state index contributed by atoms with van der Waals surface area (Å²) >= 11 is 0. The second kappa shape index (κ2) is 6.96. The zero-order valence-corrected chi connectivity index (χ0v) is 15.6. The summed E-state index contributed by atoms with van der Waals surface area (Å²) in [5.41, 5.74) is 5.48. The Hall–Kier alpha value is -2.60. The molecule has 0 saturated heterocycles. The first-order valence-corrected chi connectivity index (χ1v) is 9.12. The molecule has 0 radical (unpaired) electrons. The molecule has 0 spiro atoms. The molecule has 0 fully saturated rings. The fourth-order valence-electron chi connectivity index (χ4n) is 3.33. The Morgan fingerprint density at radius 2 is 1.92 bits per heavy atom. The largest absolute Gasteiger partial charge is 0.291 e. The molecular weight excluding hydrogens is 324 g/mol. The van der Waals surface area contributed by atoms with Crippen LogP contribution in [-0.2, 0) is 19.6 Å². The van der Waals surface area contributed by atoms with E-state index in [4.69, 9.17) is 5.10 Å². The predicted molar refractivity (Wildman–Crippen MR) is 100 cm³/mol. The van der Waals surface area contributed by atoms with Gasteiger partial charge < -0.3 is 0 Å². The van der Waals surface area contributed by atoms with E-state index >= 15 is 0 Å². The quantitative estimate of drug-likeness (QED) is 0.725. The summed E-state index contributed by atoms with van der Waals surface area (Å²) in [4.78, 5) is 15.9. The van der Waals surface area contributed by atoms with Crippen LogP contribution in [0, 0.1) is 6.92 Å². The molecule has 0 bridgehead atoms. The van der Waals surface area contributed by atoms with Crippen LogP contribution in [0.25, 0.3) is 11.4 Å². The molecule has 0 atom stereocenters. The van der Waals surface area contributed by atoms with Gasteiger partial charge >= 0.3 is 0 Å². The summed E-state index contributed by atoms with van der Waals surface area (Å²) in [5, 5.41) is 4.76. The van der Waals surface area contributed by atoms with Crippen molar-refractivity contribution in [3.05, 3.63) is 59.4 Å². The first-order chi connectivity index (χ1) is 12.6. The van der Waals surface area contributed by atoms with E-state index < -0.39 is 0 Å². The first kappa shape index (κ1) is 16.8. The van der Waals surface area contributed by atoms with Gasteiger partial charge in [0.2, 0.25) is 0 Å². The molecule has 6 nitrogen and oxygen atoms in total. The third kappa shape index (κ3) is 3.37. The van der Waals surface area contributed by atoms with Gasteiger partial charge in [0.05, 0.1) is 17.9 Å². The van der Waals surface area contributed by atoms with E-state index in [0.717, 1.165) is 54.5 Å². The van der Waals surface area contributed by atoms with E-state index in [9.17, 15) is 0 Å². The van der Waals surface area contributed by atoms with E-state index in [0.29, 0.717) is 5.92 Å². The van der Waals surface area contributed by atoms with Crippen molar-refractivity contribution in [1.29, 1.82) is 0 Å². The van der Waals surface area contributed by atoms with Crippen molar-refractivity contribution in [3.63, 3.8) is 0 Å². The van der Waals surface area contributed by atoms with Gasteiger partial charge in [-0.3, -0.25) is 14.6 Å². The van der Waals surface area contributed by atoms with Crippen molar-refractivity contribution >= 4 is 0 Å². The summed E-state index contributed by atoms with van der Waals surface area (Å²) in [6, 6.07) is 6.21. The maximum atomic E-state index is 4.76. The average molecular weight is 348 g/mol. The lowest BCUT2D eigenvalue weighted by Gasteiger charge is -2.27. The number of aryl methyl sites for hydroxylation is 1. The summed E-state index contributed by atoms with van der Waals surface area (Å²) in [6.07, 6.45) is 5.74. The molecule has 0 aliphatic carbocycles. The number of nitrogens with zero attached hydrogens (tertiary/aromatic N) is 6. The van der Waals surface area contributed by atoms with Gasteiger partial charge in [-0.2, -0.15) is 5.10 Å². The second-order valence-corrected chi connectivity index (χ2v) is 7.23. The van der Waals surface area contributed by atoms with Crippen molar-refractivity contribution in [2.24, 2.45) is 0 Å². The predicted octanol–water partition coefficient (Wildman–Crippen LogP) is 3.18. The van der Waals surface area contributed by atoms with Crippen molar-refractivity contribution in [2.45, 2.75) is 46.3 Å². The number of rotatable bonds is 4. The third-order valence-electron chi connectivity index (χ3n) is 4.78. The van der Waals surface area contributed by atoms with Crippen LogP contribution in [0.3, 0.4) is 0 Å². The smallest absolute Gasteiger partial charge is 0.130 e. The van der Waals surface area contributed by atoms with Crippen molar-refractivity contribution in [2.75, 3.05) is 6.54 Å². The van der Waals surface area contributed by atoms with Crippen LogP contribution < -0.4 is 0 Å². The number of pyridine rings is 1. The lowest BCUT2D eigenvalue weighted by molar-refractivity contribution is 0.205. The zero-order chi connectivity index (χ0) is 18.1. The topological polar surface area (TPSA) is 59.7 Å². The summed E-state index contributed by atoms with van der Waals surface area (Å²) in [7, 11) is 0. The van der Waals surface area contributed by atoms with Gasteiger partial charge in [0.1, 0.15) is 11.5 Å². The molecule has 134 valence electrons. The van der Waals surface area contributed by atoms with Crippen LogP contribution in [0.4, 0.5) is 0 Å². The van der Waals surface area contributed by atoms with Gasteiger partial charge in [0.15, 0.2) is 0 Å². The Morgan fingerprint density at radius 1 is 1.12 bits per heavy atom. The number of hydrogen-bond acceptors (Lipinski definition) is 5. The van der Waals surface area contributed by atoms with Gasteiger partial charge in [0, 0.05) is 49.7 Å². The minimum Gasteiger partial charge on any atom is -0.291 e. The maximum Gasteiger partial charge on any atom is 0.130 e. The molecule has 0 saturated carbocycles. The monoisotopic (exact) mass is 348 g/mol. The van der Waals surface area contributed by atoms with E-state index in [1.165, 1.54) is 5.69 Å². The van der Waals surface area contributed by atoms with Crippen molar-refractivity contribution in [3.8, 4) is 11.4 Å². The van der Waals surface area contributed by atoms with Crippen LogP contribution in [0.2, 0.25) is 0 Å². The van der Waals surface area contributed by atoms with Crippen LogP contribution in [0.1, 0.15) is 42.4 Å². The van der Waals surface area contributed by atoms with E-state index in [1.807, 2.05) is 24.7 Å². The third-order valence-corrected chi connectivity index (χ3v) is 4.78. The van der Waals surface area contributed by atoms with Gasteiger partial charge in [0.25, 0.3) is 0 Å². The lowest BCUT2D eigenvalue weighted by Crippen LogP contribution is -2.33. The molecule has 1 aliphatic rings. The van der Waals surface area contributed by atoms with E-state index in [2.05, 4.69) is 57.4 Å². The Morgan fingerprint density at radius 3 is 2.65 bits per heavy atom. The molecule has 1 aliphatic heterocycles. The van der Waals surface area contributed by atoms with Gasteiger partial charge in [-0.25, -0.2) is 9.97 Å². The standard InChI is InChI=1S/C20H24N6/c1-14(2)20-22-10-16(11-23-20)12-25-7-8-26-17(13-25)9-18(24-26)19-15(3)5-4-6-21-19/h4-6,9-11,14H,7-8,12-13H2,1-3H3. The summed E-state index contributed by atoms with van der Waals surface area (Å²) < 4.78 is 2.11. The molecule has 4 heterocycles. The minimum absolute atomic E-state index is 0.363. The highest BCUT2D eigenvalue weighted by Gasteiger charge is 2.20. The highest BCUT2D eigenvalue weighted by molar-refractivity contribution is 5.58. The normalized spacial score (nSPS) is 14.6. The molecule has 0 amide bonds. The Labute approximate surface area is 153 Å². The number of aromatic nitrogens is 5. The fourth-order valence-corrected chi connectivity index (χ4v) is 3.33. The Balaban J connectivity index is 1.49. The second-order valence-electron chi connectivity index (χ2n) is 7.23. The van der Waals surface area contributed by atoms with Crippen LogP contribution in [0.5, 0.6) is 0 Å². The molecule has 0 aromatic carbocycles. The minimum atomic E-state index is 0.363. The molecule has 26 heavy (non-hydrogen) atoms. The van der Waals surface area contributed by atoms with Crippen molar-refractivity contribution < 1.29 is 0 Å². The molecule has 4 rings (SSSR count). The Kier molecular flexibility index (Phi) is 4.51. The molecule has 3 aromatic rings. The highest BCUT2D eigenvalue weighted by Crippen LogP contribution is 2.23. The highest BCUT2D eigenvalue weighted by atomic mass is 15.3. The van der Waals surface area contributed by atoms with Gasteiger partial charge in [-0.15, -0.1) is 0 Å². The van der Waals surface area contributed by atoms with Crippen molar-refractivity contribution in [1.82, 2.24) is 29.6 Å². The fraction of sp³-hybridized carbons (Fsp3) is 0.400. The van der Waals surface area contributed by atoms with E-state index in [-0.39, 0.29) is 0 Å². The van der Waals surface area contributed by atoms with Gasteiger partial charge in [-0.1, -0.05) is 19.9 Å². The Bertz CT molecular complexity index is 897. The lowest BCUT2D eigenvalue weighted by atomic mass is 10.1. The maximum absolute atomic E-state index is 4.76. The summed E-state index contributed by atoms with van der Waals surface area (Å²) in [5.74, 6) is 1.27. The summed E-state index contributed by atoms with van der Waals surface area (Å²) in [6.45, 7) is 9.91. The first-order valence-electron chi connectivity index (χ1n) is 9.12. The molecule has 0 N–H and O–H groups in total. The van der Waals surface area contributed by atoms with Crippen LogP contribution >= 0.6 is 0 Å². The zero-order valence-electron chi connectivity index (χ0n) is 15.6. The SMILES string of the molecule is Cc1cccnc1-c1cc2n(n1)CCN(Cc1cnc(C(C)C)nc1)C2. The van der Waals surface area contributed by atoms with Crippen LogP contribution in [0.15, 0.2) is 36.8 Å². The number of fused-ring (bicyclic) bond motifs is 1. The van der Waals surface area contributed by atoms with Crippen LogP contribution in [-0.4, -0.2) is 36.2 Å². The average Bonchev–Trinajstić information content (AvgIpc) is 3.05. The van der Waals surface area contributed by atoms with Gasteiger partial charge in [-0.05, 0) is 24.6 Å². The molecular formula is C20H24N6. The molecule has 0 unspecified atom stereocenters. The molecule has 6 heteroatoms. The number of hydrogen-bond donors (Lipinski definition) is 0. The van der Waals surface area contributed by atoms with E-state index in [1.54, 1.807) is 0 Å².